The SMILES string of the molecule is CC1=CC(=O)N(C(C)C)CC1C. The van der Waals surface area contributed by atoms with Crippen LogP contribution in [0.3, 0.4) is 0 Å². The van der Waals surface area contributed by atoms with E-state index in [0.29, 0.717) is 12.0 Å². The van der Waals surface area contributed by atoms with Crippen molar-refractivity contribution in [3.05, 3.63) is 11.6 Å². The number of carbonyl (C=O) groups excluding carboxylic acids is 1. The molecule has 1 heterocycles. The zero-order valence-electron chi connectivity index (χ0n) is 8.29. The Kier molecular flexibility index (Phi) is 2.55. The van der Waals surface area contributed by atoms with Crippen molar-refractivity contribution in [3.8, 4) is 0 Å². The van der Waals surface area contributed by atoms with Crippen LogP contribution in [0.4, 0.5) is 0 Å². The van der Waals surface area contributed by atoms with Gasteiger partial charge in [-0.15, -0.1) is 0 Å². The van der Waals surface area contributed by atoms with Gasteiger partial charge in [0, 0.05) is 18.7 Å². The molecule has 68 valence electrons. The molecule has 0 spiro atoms. The molecule has 0 aromatic rings. The summed E-state index contributed by atoms with van der Waals surface area (Å²) in [6, 6.07) is 0.323. The summed E-state index contributed by atoms with van der Waals surface area (Å²) in [5, 5.41) is 0. The summed E-state index contributed by atoms with van der Waals surface area (Å²) < 4.78 is 0. The Morgan fingerprint density at radius 3 is 2.67 bits per heavy atom. The van der Waals surface area contributed by atoms with Gasteiger partial charge in [-0.2, -0.15) is 0 Å². The highest BCUT2D eigenvalue weighted by molar-refractivity contribution is 5.89. The molecule has 0 fully saturated rings. The predicted molar refractivity (Wildman–Crippen MR) is 49.8 cm³/mol. The lowest BCUT2D eigenvalue weighted by atomic mass is 9.97. The molecule has 0 aromatic heterocycles. The first-order chi connectivity index (χ1) is 5.52. The molecule has 2 nitrogen and oxygen atoms in total. The fourth-order valence-electron chi connectivity index (χ4n) is 1.41. The minimum Gasteiger partial charge on any atom is -0.336 e. The molecule has 1 aliphatic heterocycles. The normalized spacial score (nSPS) is 24.8. The van der Waals surface area contributed by atoms with Crippen molar-refractivity contribution in [1.29, 1.82) is 0 Å². The third kappa shape index (κ3) is 1.68. The van der Waals surface area contributed by atoms with Crippen LogP contribution in [-0.2, 0) is 4.79 Å². The Labute approximate surface area is 74.2 Å². The topological polar surface area (TPSA) is 20.3 Å². The Morgan fingerprint density at radius 2 is 2.17 bits per heavy atom. The Hall–Kier alpha value is -0.790. The maximum absolute atomic E-state index is 11.4. The van der Waals surface area contributed by atoms with Crippen LogP contribution in [0, 0.1) is 5.92 Å². The smallest absolute Gasteiger partial charge is 0.246 e. The van der Waals surface area contributed by atoms with Crippen LogP contribution in [0.2, 0.25) is 0 Å². The van der Waals surface area contributed by atoms with Crippen molar-refractivity contribution in [2.75, 3.05) is 6.54 Å². The molecule has 2 heteroatoms. The van der Waals surface area contributed by atoms with Crippen LogP contribution in [0.5, 0.6) is 0 Å². The summed E-state index contributed by atoms with van der Waals surface area (Å²) >= 11 is 0. The van der Waals surface area contributed by atoms with Gasteiger partial charge in [0.05, 0.1) is 0 Å². The van der Waals surface area contributed by atoms with E-state index in [2.05, 4.69) is 20.8 Å². The largest absolute Gasteiger partial charge is 0.336 e. The van der Waals surface area contributed by atoms with Crippen molar-refractivity contribution in [2.45, 2.75) is 33.7 Å². The molecule has 1 aliphatic rings. The lowest BCUT2D eigenvalue weighted by Crippen LogP contribution is -2.42. The van der Waals surface area contributed by atoms with Gasteiger partial charge in [-0.1, -0.05) is 12.5 Å². The van der Waals surface area contributed by atoms with Gasteiger partial charge in [0.1, 0.15) is 0 Å². The second-order valence-corrected chi connectivity index (χ2v) is 3.87. The number of nitrogens with zero attached hydrogens (tertiary/aromatic N) is 1. The summed E-state index contributed by atoms with van der Waals surface area (Å²) in [6.45, 7) is 9.17. The fraction of sp³-hybridized carbons (Fsp3) is 0.700. The highest BCUT2D eigenvalue weighted by Crippen LogP contribution is 2.19. The van der Waals surface area contributed by atoms with Crippen LogP contribution in [0.15, 0.2) is 11.6 Å². The first-order valence-electron chi connectivity index (χ1n) is 4.51. The molecule has 12 heavy (non-hydrogen) atoms. The van der Waals surface area contributed by atoms with Crippen molar-refractivity contribution >= 4 is 5.91 Å². The van der Waals surface area contributed by atoms with E-state index in [1.165, 1.54) is 5.57 Å². The second kappa shape index (κ2) is 3.30. The van der Waals surface area contributed by atoms with Gasteiger partial charge in [0.15, 0.2) is 0 Å². The molecule has 0 bridgehead atoms. The van der Waals surface area contributed by atoms with E-state index >= 15 is 0 Å². The summed E-state index contributed by atoms with van der Waals surface area (Å²) in [4.78, 5) is 13.4. The van der Waals surface area contributed by atoms with Crippen LogP contribution >= 0.6 is 0 Å². The monoisotopic (exact) mass is 167 g/mol. The summed E-state index contributed by atoms with van der Waals surface area (Å²) in [5.74, 6) is 0.686. The Bertz CT molecular complexity index is 218. The summed E-state index contributed by atoms with van der Waals surface area (Å²) in [5.41, 5.74) is 1.21. The van der Waals surface area contributed by atoms with E-state index in [9.17, 15) is 4.79 Å². The fourth-order valence-corrected chi connectivity index (χ4v) is 1.41. The molecule has 0 N–H and O–H groups in total. The van der Waals surface area contributed by atoms with Crippen LogP contribution in [-0.4, -0.2) is 23.4 Å². The maximum Gasteiger partial charge on any atom is 0.246 e. The molecule has 1 amide bonds. The summed E-state index contributed by atoms with van der Waals surface area (Å²) in [7, 11) is 0. The Balaban J connectivity index is 2.79. The van der Waals surface area contributed by atoms with Gasteiger partial charge in [0.25, 0.3) is 0 Å². The lowest BCUT2D eigenvalue weighted by Gasteiger charge is -2.32. The third-order valence-electron chi connectivity index (χ3n) is 2.51. The minimum absolute atomic E-state index is 0.167. The Morgan fingerprint density at radius 1 is 1.58 bits per heavy atom. The van der Waals surface area contributed by atoms with E-state index in [1.807, 2.05) is 11.8 Å². The minimum atomic E-state index is 0.167. The molecule has 0 aliphatic carbocycles. The highest BCUT2D eigenvalue weighted by Gasteiger charge is 2.23. The molecule has 0 saturated carbocycles. The maximum atomic E-state index is 11.4. The van der Waals surface area contributed by atoms with E-state index < -0.39 is 0 Å². The average molecular weight is 167 g/mol. The van der Waals surface area contributed by atoms with Gasteiger partial charge >= 0.3 is 0 Å². The summed E-state index contributed by atoms with van der Waals surface area (Å²) in [6.07, 6.45) is 1.76. The molecular weight excluding hydrogens is 150 g/mol. The third-order valence-corrected chi connectivity index (χ3v) is 2.51. The van der Waals surface area contributed by atoms with E-state index in [-0.39, 0.29) is 5.91 Å². The zero-order chi connectivity index (χ0) is 9.30. The van der Waals surface area contributed by atoms with Crippen molar-refractivity contribution in [3.63, 3.8) is 0 Å². The van der Waals surface area contributed by atoms with Crippen LogP contribution in [0.1, 0.15) is 27.7 Å². The van der Waals surface area contributed by atoms with Crippen molar-refractivity contribution < 1.29 is 4.79 Å². The zero-order valence-corrected chi connectivity index (χ0v) is 8.29. The van der Waals surface area contributed by atoms with Crippen molar-refractivity contribution in [2.24, 2.45) is 5.92 Å². The number of amides is 1. The number of rotatable bonds is 1. The van der Waals surface area contributed by atoms with Gasteiger partial charge in [-0.25, -0.2) is 0 Å². The van der Waals surface area contributed by atoms with Gasteiger partial charge < -0.3 is 4.90 Å². The molecule has 1 rings (SSSR count). The van der Waals surface area contributed by atoms with Crippen LogP contribution in [0.25, 0.3) is 0 Å². The molecule has 0 aromatic carbocycles. The van der Waals surface area contributed by atoms with Crippen LogP contribution < -0.4 is 0 Å². The van der Waals surface area contributed by atoms with E-state index in [1.54, 1.807) is 6.08 Å². The molecular formula is C10H17NO. The number of hydrogen-bond acceptors (Lipinski definition) is 1. The molecule has 1 unspecified atom stereocenters. The molecule has 0 radical (unpaired) electrons. The van der Waals surface area contributed by atoms with Gasteiger partial charge in [0.2, 0.25) is 5.91 Å². The van der Waals surface area contributed by atoms with Gasteiger partial charge in [-0.05, 0) is 26.7 Å². The standard InChI is InChI=1S/C10H17NO/c1-7(2)11-6-9(4)8(3)5-10(11)12/h5,7,9H,6H2,1-4H3. The first kappa shape index (κ1) is 9.30. The number of carbonyl (C=O) groups is 1. The molecule has 0 saturated heterocycles. The van der Waals surface area contributed by atoms with Gasteiger partial charge in [-0.3, -0.25) is 4.79 Å². The lowest BCUT2D eigenvalue weighted by molar-refractivity contribution is -0.128. The average Bonchev–Trinajstić information content (AvgIpc) is 1.96. The van der Waals surface area contributed by atoms with Crippen molar-refractivity contribution in [1.82, 2.24) is 4.90 Å². The number of hydrogen-bond donors (Lipinski definition) is 0. The molecule has 1 atom stereocenters. The van der Waals surface area contributed by atoms with E-state index in [0.717, 1.165) is 6.54 Å². The van der Waals surface area contributed by atoms with E-state index in [4.69, 9.17) is 0 Å². The highest BCUT2D eigenvalue weighted by atomic mass is 16.2. The second-order valence-electron chi connectivity index (χ2n) is 3.87. The quantitative estimate of drug-likeness (QED) is 0.583. The first-order valence-corrected chi connectivity index (χ1v) is 4.51. The predicted octanol–water partition coefficient (Wildman–Crippen LogP) is 1.82.